The summed E-state index contributed by atoms with van der Waals surface area (Å²) in [5, 5.41) is 4.06. The standard InChI is InChI=1S/C14H19N5O2/c1-18-5-7-19(8-6-18)14-16-13(21-17-14)11-9-10(20-2)3-4-12(11)15/h3-4,9H,5-8,15H2,1-2H3. The van der Waals surface area contributed by atoms with Crippen LogP contribution < -0.4 is 15.4 Å². The molecule has 1 fully saturated rings. The number of nitrogens with two attached hydrogens (primary N) is 1. The van der Waals surface area contributed by atoms with Gasteiger partial charge in [-0.15, -0.1) is 0 Å². The van der Waals surface area contributed by atoms with E-state index in [1.807, 2.05) is 0 Å². The quantitative estimate of drug-likeness (QED) is 0.847. The number of hydrogen-bond acceptors (Lipinski definition) is 7. The Morgan fingerprint density at radius 2 is 2.00 bits per heavy atom. The van der Waals surface area contributed by atoms with Crippen LogP contribution in [0.1, 0.15) is 0 Å². The van der Waals surface area contributed by atoms with Crippen molar-refractivity contribution in [3.63, 3.8) is 0 Å². The number of rotatable bonds is 3. The predicted octanol–water partition coefficient (Wildman–Crippen LogP) is 1.08. The van der Waals surface area contributed by atoms with E-state index < -0.39 is 0 Å². The second-order valence-corrected chi connectivity index (χ2v) is 5.14. The van der Waals surface area contributed by atoms with Crippen molar-refractivity contribution in [1.29, 1.82) is 0 Å². The van der Waals surface area contributed by atoms with Crippen molar-refractivity contribution >= 4 is 11.6 Å². The van der Waals surface area contributed by atoms with Crippen LogP contribution in [-0.2, 0) is 0 Å². The monoisotopic (exact) mass is 289 g/mol. The summed E-state index contributed by atoms with van der Waals surface area (Å²) in [6.45, 7) is 3.77. The molecule has 1 aliphatic rings. The minimum atomic E-state index is 0.417. The first-order valence-corrected chi connectivity index (χ1v) is 6.88. The Hall–Kier alpha value is -2.28. The lowest BCUT2D eigenvalue weighted by atomic mass is 10.1. The molecule has 0 bridgehead atoms. The molecule has 3 rings (SSSR count). The Labute approximate surface area is 123 Å². The van der Waals surface area contributed by atoms with Gasteiger partial charge in [-0.3, -0.25) is 0 Å². The number of likely N-dealkylation sites (N-methyl/N-ethyl adjacent to an activating group) is 1. The Bertz CT molecular complexity index is 620. The summed E-state index contributed by atoms with van der Waals surface area (Å²) in [5.41, 5.74) is 7.26. The van der Waals surface area contributed by atoms with E-state index in [0.717, 1.165) is 26.2 Å². The lowest BCUT2D eigenvalue weighted by Gasteiger charge is -2.31. The predicted molar refractivity (Wildman–Crippen MR) is 80.4 cm³/mol. The summed E-state index contributed by atoms with van der Waals surface area (Å²) in [6.07, 6.45) is 0. The van der Waals surface area contributed by atoms with E-state index in [0.29, 0.717) is 28.8 Å². The molecule has 2 aromatic rings. The number of nitrogen functional groups attached to an aromatic ring is 1. The van der Waals surface area contributed by atoms with E-state index in [1.54, 1.807) is 25.3 Å². The molecule has 0 unspecified atom stereocenters. The third-order valence-corrected chi connectivity index (χ3v) is 3.69. The van der Waals surface area contributed by atoms with Gasteiger partial charge in [0.05, 0.1) is 12.7 Å². The van der Waals surface area contributed by atoms with E-state index >= 15 is 0 Å². The third kappa shape index (κ3) is 2.78. The average Bonchev–Trinajstić information content (AvgIpc) is 2.98. The molecule has 0 aliphatic carbocycles. The highest BCUT2D eigenvalue weighted by Crippen LogP contribution is 2.29. The van der Waals surface area contributed by atoms with Gasteiger partial charge in [-0.2, -0.15) is 4.98 Å². The number of nitrogens with zero attached hydrogens (tertiary/aromatic N) is 4. The minimum Gasteiger partial charge on any atom is -0.497 e. The van der Waals surface area contributed by atoms with Crippen molar-refractivity contribution in [2.45, 2.75) is 0 Å². The van der Waals surface area contributed by atoms with Gasteiger partial charge in [0, 0.05) is 31.9 Å². The number of hydrogen-bond donors (Lipinski definition) is 1. The highest BCUT2D eigenvalue weighted by molar-refractivity contribution is 5.72. The van der Waals surface area contributed by atoms with Crippen molar-refractivity contribution in [2.24, 2.45) is 0 Å². The van der Waals surface area contributed by atoms with Crippen LogP contribution in [-0.4, -0.2) is 55.4 Å². The molecule has 0 radical (unpaired) electrons. The number of piperazine rings is 1. The maximum atomic E-state index is 5.98. The van der Waals surface area contributed by atoms with Crippen LogP contribution in [0.3, 0.4) is 0 Å². The van der Waals surface area contributed by atoms with Gasteiger partial charge in [0.2, 0.25) is 0 Å². The van der Waals surface area contributed by atoms with Crippen LogP contribution in [0.2, 0.25) is 0 Å². The highest BCUT2D eigenvalue weighted by Gasteiger charge is 2.20. The van der Waals surface area contributed by atoms with Crippen LogP contribution >= 0.6 is 0 Å². The summed E-state index contributed by atoms with van der Waals surface area (Å²) in [7, 11) is 3.72. The number of ether oxygens (including phenoxy) is 1. The van der Waals surface area contributed by atoms with E-state index in [-0.39, 0.29) is 0 Å². The molecule has 1 aliphatic heterocycles. The summed E-state index contributed by atoms with van der Waals surface area (Å²) in [4.78, 5) is 8.85. The van der Waals surface area contributed by atoms with E-state index in [1.165, 1.54) is 0 Å². The molecule has 1 saturated heterocycles. The smallest absolute Gasteiger partial charge is 0.266 e. The fourth-order valence-electron chi connectivity index (χ4n) is 2.31. The first-order chi connectivity index (χ1) is 10.2. The Morgan fingerprint density at radius 1 is 1.24 bits per heavy atom. The number of aromatic nitrogens is 2. The molecular formula is C14H19N5O2. The van der Waals surface area contributed by atoms with Crippen LogP contribution in [0, 0.1) is 0 Å². The van der Waals surface area contributed by atoms with Crippen molar-refractivity contribution in [1.82, 2.24) is 15.0 Å². The average molecular weight is 289 g/mol. The molecule has 7 nitrogen and oxygen atoms in total. The van der Waals surface area contributed by atoms with Gasteiger partial charge in [-0.1, -0.05) is 0 Å². The minimum absolute atomic E-state index is 0.417. The maximum Gasteiger partial charge on any atom is 0.266 e. The molecule has 2 N–H and O–H groups in total. The molecule has 2 heterocycles. The topological polar surface area (TPSA) is 80.7 Å². The van der Waals surface area contributed by atoms with Crippen LogP contribution in [0.15, 0.2) is 22.7 Å². The summed E-state index contributed by atoms with van der Waals surface area (Å²) in [6, 6.07) is 5.38. The van der Waals surface area contributed by atoms with E-state index in [4.69, 9.17) is 15.0 Å². The van der Waals surface area contributed by atoms with Crippen LogP contribution in [0.5, 0.6) is 5.75 Å². The molecule has 0 saturated carbocycles. The van der Waals surface area contributed by atoms with Gasteiger partial charge in [-0.05, 0) is 30.4 Å². The molecule has 1 aromatic carbocycles. The van der Waals surface area contributed by atoms with Gasteiger partial charge in [0.1, 0.15) is 5.75 Å². The number of anilines is 2. The van der Waals surface area contributed by atoms with E-state index in [9.17, 15) is 0 Å². The molecular weight excluding hydrogens is 270 g/mol. The SMILES string of the molecule is COc1ccc(N)c(-c2nc(N3CCN(C)CC3)no2)c1. The first kappa shape index (κ1) is 13.7. The molecule has 0 atom stereocenters. The van der Waals surface area contributed by atoms with E-state index in [2.05, 4.69) is 27.0 Å². The second kappa shape index (κ2) is 5.61. The van der Waals surface area contributed by atoms with Gasteiger partial charge in [0.25, 0.3) is 11.8 Å². The van der Waals surface area contributed by atoms with Gasteiger partial charge < -0.3 is 24.8 Å². The normalized spacial score (nSPS) is 16.2. The Kier molecular flexibility index (Phi) is 3.66. The summed E-state index contributed by atoms with van der Waals surface area (Å²) in [5.74, 6) is 1.74. The number of methoxy groups -OCH3 is 1. The van der Waals surface area contributed by atoms with Crippen LogP contribution in [0.25, 0.3) is 11.5 Å². The van der Waals surface area contributed by atoms with Gasteiger partial charge in [0.15, 0.2) is 0 Å². The maximum absolute atomic E-state index is 5.98. The summed E-state index contributed by atoms with van der Waals surface area (Å²) < 4.78 is 10.6. The van der Waals surface area contributed by atoms with Crippen molar-refractivity contribution in [2.75, 3.05) is 51.0 Å². The third-order valence-electron chi connectivity index (χ3n) is 3.69. The second-order valence-electron chi connectivity index (χ2n) is 5.14. The first-order valence-electron chi connectivity index (χ1n) is 6.88. The number of benzene rings is 1. The zero-order valence-electron chi connectivity index (χ0n) is 12.2. The largest absolute Gasteiger partial charge is 0.497 e. The van der Waals surface area contributed by atoms with Gasteiger partial charge >= 0.3 is 0 Å². The molecule has 1 aromatic heterocycles. The molecule has 112 valence electrons. The molecule has 0 spiro atoms. The molecule has 0 amide bonds. The Morgan fingerprint density at radius 3 is 2.71 bits per heavy atom. The lowest BCUT2D eigenvalue weighted by Crippen LogP contribution is -2.44. The zero-order chi connectivity index (χ0) is 14.8. The lowest BCUT2D eigenvalue weighted by molar-refractivity contribution is 0.309. The molecule has 21 heavy (non-hydrogen) atoms. The Balaban J connectivity index is 1.85. The van der Waals surface area contributed by atoms with Crippen molar-refractivity contribution in [3.05, 3.63) is 18.2 Å². The van der Waals surface area contributed by atoms with Gasteiger partial charge in [-0.25, -0.2) is 0 Å². The zero-order valence-corrected chi connectivity index (χ0v) is 12.2. The van der Waals surface area contributed by atoms with Crippen molar-refractivity contribution in [3.8, 4) is 17.2 Å². The highest BCUT2D eigenvalue weighted by atomic mass is 16.5. The van der Waals surface area contributed by atoms with Crippen LogP contribution in [0.4, 0.5) is 11.6 Å². The fraction of sp³-hybridized carbons (Fsp3) is 0.429. The fourth-order valence-corrected chi connectivity index (χ4v) is 2.31. The van der Waals surface area contributed by atoms with Crippen molar-refractivity contribution < 1.29 is 9.26 Å². The molecule has 7 heteroatoms. The summed E-state index contributed by atoms with van der Waals surface area (Å²) >= 11 is 0.